The molecule has 37 heavy (non-hydrogen) atoms. The van der Waals surface area contributed by atoms with Crippen molar-refractivity contribution in [3.05, 3.63) is 101 Å². The highest BCUT2D eigenvalue weighted by molar-refractivity contribution is 5.97. The molecule has 1 aromatic heterocycles. The van der Waals surface area contributed by atoms with Gasteiger partial charge in [0.05, 0.1) is 24.8 Å². The Morgan fingerprint density at radius 1 is 1.00 bits per heavy atom. The Hall–Kier alpha value is -4.26. The quantitative estimate of drug-likeness (QED) is 0.280. The Kier molecular flexibility index (Phi) is 7.82. The third kappa shape index (κ3) is 6.50. The number of benzene rings is 3. The van der Waals surface area contributed by atoms with Gasteiger partial charge in [0.25, 0.3) is 5.91 Å². The Balaban J connectivity index is 1.61. The van der Waals surface area contributed by atoms with Crippen LogP contribution < -0.4 is 10.1 Å². The minimum atomic E-state index is -5.01. The maximum atomic E-state index is 13.1. The van der Waals surface area contributed by atoms with Crippen LogP contribution in [0.15, 0.2) is 72.9 Å². The molecule has 4 N–H and O–H groups in total. The molecule has 190 valence electrons. The third-order valence-corrected chi connectivity index (χ3v) is 5.68. The standard InChI is InChI=1S/C28H23F3N2O4/c29-28(30,31)37-26-12-10-18(9-11-19-5-1-2-6-20(19)16-34)13-24(26)27(36)33-22(17-35)14-21-15-32-25-8-4-3-7-23(21)25/h1-8,10,12-13,15,22,32,34-35H,14,16-17H2,(H,33,36). The molecule has 6 nitrogen and oxygen atoms in total. The number of hydrogen-bond acceptors (Lipinski definition) is 4. The highest BCUT2D eigenvalue weighted by atomic mass is 19.4. The van der Waals surface area contributed by atoms with E-state index in [2.05, 4.69) is 26.9 Å². The summed E-state index contributed by atoms with van der Waals surface area (Å²) in [6.45, 7) is -0.659. The first-order valence-corrected chi connectivity index (χ1v) is 11.3. The van der Waals surface area contributed by atoms with Gasteiger partial charge in [0, 0.05) is 28.2 Å². The largest absolute Gasteiger partial charge is 0.573 e. The van der Waals surface area contributed by atoms with Gasteiger partial charge in [-0.15, -0.1) is 13.2 Å². The zero-order valence-electron chi connectivity index (χ0n) is 19.5. The summed E-state index contributed by atoms with van der Waals surface area (Å²) in [5.74, 6) is 4.14. The predicted octanol–water partition coefficient (Wildman–Crippen LogP) is 4.29. The second kappa shape index (κ2) is 11.2. The fourth-order valence-corrected chi connectivity index (χ4v) is 3.91. The molecule has 9 heteroatoms. The number of carbonyl (C=O) groups excluding carboxylic acids is 1. The van der Waals surface area contributed by atoms with Gasteiger partial charge in [0.2, 0.25) is 0 Å². The molecule has 0 saturated heterocycles. The Morgan fingerprint density at radius 3 is 2.51 bits per heavy atom. The van der Waals surface area contributed by atoms with Gasteiger partial charge in [-0.05, 0) is 47.9 Å². The molecule has 1 amide bonds. The van der Waals surface area contributed by atoms with Crippen LogP contribution in [0.25, 0.3) is 10.9 Å². The summed E-state index contributed by atoms with van der Waals surface area (Å²) in [6, 6.07) is 17.2. The fourth-order valence-electron chi connectivity index (χ4n) is 3.91. The molecule has 3 aromatic carbocycles. The van der Waals surface area contributed by atoms with E-state index in [9.17, 15) is 28.2 Å². The Morgan fingerprint density at radius 2 is 1.76 bits per heavy atom. The lowest BCUT2D eigenvalue weighted by atomic mass is 10.0. The summed E-state index contributed by atoms with van der Waals surface area (Å²) in [4.78, 5) is 16.2. The maximum Gasteiger partial charge on any atom is 0.573 e. The fraction of sp³-hybridized carbons (Fsp3) is 0.179. The van der Waals surface area contributed by atoms with E-state index in [1.165, 1.54) is 12.1 Å². The number of aliphatic hydroxyl groups is 2. The summed E-state index contributed by atoms with van der Waals surface area (Å²) < 4.78 is 43.1. The number of aromatic nitrogens is 1. The predicted molar refractivity (Wildman–Crippen MR) is 132 cm³/mol. The van der Waals surface area contributed by atoms with Crippen molar-refractivity contribution >= 4 is 16.8 Å². The van der Waals surface area contributed by atoms with Crippen molar-refractivity contribution < 1.29 is 32.9 Å². The van der Waals surface area contributed by atoms with Gasteiger partial charge >= 0.3 is 6.36 Å². The molecular formula is C28H23F3N2O4. The molecule has 0 saturated carbocycles. The number of rotatable bonds is 7. The minimum absolute atomic E-state index is 0.226. The van der Waals surface area contributed by atoms with Crippen LogP contribution in [0.1, 0.15) is 32.6 Å². The van der Waals surface area contributed by atoms with Crippen LogP contribution in [-0.2, 0) is 13.0 Å². The monoisotopic (exact) mass is 508 g/mol. The van der Waals surface area contributed by atoms with E-state index in [0.29, 0.717) is 11.1 Å². The number of hydrogen-bond donors (Lipinski definition) is 4. The number of halogens is 3. The molecule has 1 heterocycles. The number of H-pyrrole nitrogens is 1. The van der Waals surface area contributed by atoms with Crippen molar-refractivity contribution in [2.75, 3.05) is 6.61 Å². The van der Waals surface area contributed by atoms with Gasteiger partial charge in [0.15, 0.2) is 0 Å². The average Bonchev–Trinajstić information content (AvgIpc) is 3.29. The SMILES string of the molecule is O=C(NC(CO)Cc1c[nH]c2ccccc12)c1cc(C#Cc2ccccc2CO)ccc1OC(F)(F)F. The van der Waals surface area contributed by atoms with Gasteiger partial charge < -0.3 is 25.3 Å². The summed E-state index contributed by atoms with van der Waals surface area (Å²) in [5, 5.41) is 22.9. The molecule has 0 aliphatic carbocycles. The molecule has 0 radical (unpaired) electrons. The molecule has 0 aliphatic heterocycles. The van der Waals surface area contributed by atoms with E-state index >= 15 is 0 Å². The summed E-state index contributed by atoms with van der Waals surface area (Å²) in [6.07, 6.45) is -3.00. The maximum absolute atomic E-state index is 13.1. The van der Waals surface area contributed by atoms with Crippen LogP contribution in [0.5, 0.6) is 5.75 Å². The lowest BCUT2D eigenvalue weighted by Crippen LogP contribution is -2.39. The van der Waals surface area contributed by atoms with E-state index in [1.54, 1.807) is 30.5 Å². The van der Waals surface area contributed by atoms with E-state index in [1.807, 2.05) is 24.3 Å². The highest BCUT2D eigenvalue weighted by Crippen LogP contribution is 2.28. The van der Waals surface area contributed by atoms with Crippen LogP contribution in [0, 0.1) is 11.8 Å². The second-order valence-electron chi connectivity index (χ2n) is 8.24. The molecule has 0 fully saturated rings. The van der Waals surface area contributed by atoms with Gasteiger partial charge in [-0.25, -0.2) is 0 Å². The van der Waals surface area contributed by atoms with Crippen LogP contribution in [0.3, 0.4) is 0 Å². The normalized spacial score (nSPS) is 12.0. The number of amides is 1. The zero-order valence-corrected chi connectivity index (χ0v) is 19.5. The molecule has 4 rings (SSSR count). The van der Waals surface area contributed by atoms with E-state index in [-0.39, 0.29) is 24.2 Å². The number of ether oxygens (including phenoxy) is 1. The number of aromatic amines is 1. The molecule has 0 spiro atoms. The number of nitrogens with one attached hydrogen (secondary N) is 2. The summed E-state index contributed by atoms with van der Waals surface area (Å²) in [5.41, 5.74) is 2.75. The lowest BCUT2D eigenvalue weighted by molar-refractivity contribution is -0.274. The van der Waals surface area contributed by atoms with Crippen molar-refractivity contribution in [2.24, 2.45) is 0 Å². The summed E-state index contributed by atoms with van der Waals surface area (Å²) in [7, 11) is 0. The second-order valence-corrected chi connectivity index (χ2v) is 8.24. The minimum Gasteiger partial charge on any atom is -0.405 e. The average molecular weight is 508 g/mol. The Bertz CT molecular complexity index is 1470. The number of aliphatic hydroxyl groups excluding tert-OH is 2. The Labute approximate surface area is 210 Å². The molecule has 1 unspecified atom stereocenters. The lowest BCUT2D eigenvalue weighted by Gasteiger charge is -2.18. The smallest absolute Gasteiger partial charge is 0.405 e. The van der Waals surface area contributed by atoms with Gasteiger partial charge in [0.1, 0.15) is 5.75 Å². The van der Waals surface area contributed by atoms with Crippen LogP contribution in [-0.4, -0.2) is 40.1 Å². The van der Waals surface area contributed by atoms with E-state index in [0.717, 1.165) is 22.5 Å². The molecule has 0 aliphatic rings. The van der Waals surface area contributed by atoms with Crippen molar-refractivity contribution in [1.82, 2.24) is 10.3 Å². The zero-order chi connectivity index (χ0) is 26.4. The molecule has 1 atom stereocenters. The molecule has 4 aromatic rings. The van der Waals surface area contributed by atoms with Gasteiger partial charge in [-0.3, -0.25) is 4.79 Å². The first-order valence-electron chi connectivity index (χ1n) is 11.3. The summed E-state index contributed by atoms with van der Waals surface area (Å²) >= 11 is 0. The van der Waals surface area contributed by atoms with Crippen molar-refractivity contribution in [1.29, 1.82) is 0 Å². The topological polar surface area (TPSA) is 94.6 Å². The van der Waals surface area contributed by atoms with Crippen LogP contribution in [0.4, 0.5) is 13.2 Å². The third-order valence-electron chi connectivity index (χ3n) is 5.68. The van der Waals surface area contributed by atoms with E-state index in [4.69, 9.17) is 0 Å². The van der Waals surface area contributed by atoms with Gasteiger partial charge in [-0.2, -0.15) is 0 Å². The van der Waals surface area contributed by atoms with Crippen molar-refractivity contribution in [2.45, 2.75) is 25.4 Å². The number of alkyl halides is 3. The van der Waals surface area contributed by atoms with Crippen molar-refractivity contribution in [3.8, 4) is 17.6 Å². The first kappa shape index (κ1) is 25.8. The van der Waals surface area contributed by atoms with Gasteiger partial charge in [-0.1, -0.05) is 48.2 Å². The number of para-hydroxylation sites is 1. The number of fused-ring (bicyclic) bond motifs is 1. The number of carbonyl (C=O) groups is 1. The van der Waals surface area contributed by atoms with Crippen LogP contribution in [0.2, 0.25) is 0 Å². The van der Waals surface area contributed by atoms with E-state index < -0.39 is 30.7 Å². The van der Waals surface area contributed by atoms with Crippen molar-refractivity contribution in [3.63, 3.8) is 0 Å². The highest BCUT2D eigenvalue weighted by Gasteiger charge is 2.33. The first-order chi connectivity index (χ1) is 17.8. The molecule has 0 bridgehead atoms. The molecular weight excluding hydrogens is 485 g/mol. The van der Waals surface area contributed by atoms with Crippen LogP contribution >= 0.6 is 0 Å².